The molecule has 0 aliphatic carbocycles. The maximum absolute atomic E-state index is 14.2. The zero-order valence-electron chi connectivity index (χ0n) is 23.0. The van der Waals surface area contributed by atoms with Crippen LogP contribution in [-0.4, -0.2) is 40.7 Å². The summed E-state index contributed by atoms with van der Waals surface area (Å²) in [6, 6.07) is 34.9. The Balaban J connectivity index is 1.43. The summed E-state index contributed by atoms with van der Waals surface area (Å²) in [6.07, 6.45) is 2.46. The minimum atomic E-state index is -0.610. The molecule has 5 nitrogen and oxygen atoms in total. The van der Waals surface area contributed by atoms with Gasteiger partial charge in [-0.05, 0) is 60.2 Å². The van der Waals surface area contributed by atoms with Crippen molar-refractivity contribution in [2.24, 2.45) is 0 Å². The topological polar surface area (TPSA) is 49.9 Å². The van der Waals surface area contributed by atoms with Crippen LogP contribution >= 0.6 is 0 Å². The van der Waals surface area contributed by atoms with E-state index in [1.54, 1.807) is 4.90 Å². The zero-order chi connectivity index (χ0) is 27.7. The molecule has 1 heterocycles. The van der Waals surface area contributed by atoms with Gasteiger partial charge < -0.3 is 14.5 Å². The largest absolute Gasteiger partial charge is 0.489 e. The number of amides is 2. The summed E-state index contributed by atoms with van der Waals surface area (Å²) in [5, 5.41) is 0. The van der Waals surface area contributed by atoms with Gasteiger partial charge in [0.15, 0.2) is 0 Å². The zero-order valence-corrected chi connectivity index (χ0v) is 23.0. The van der Waals surface area contributed by atoms with Crippen molar-refractivity contribution in [2.75, 3.05) is 13.1 Å². The smallest absolute Gasteiger partial charge is 0.255 e. The molecule has 2 amide bonds. The number of nitrogens with zero attached hydrogens (tertiary/aromatic N) is 2. The molecular formula is C35H36N2O3. The minimum absolute atomic E-state index is 0.0195. The number of hydrogen-bond donors (Lipinski definition) is 0. The van der Waals surface area contributed by atoms with E-state index in [0.717, 1.165) is 53.9 Å². The monoisotopic (exact) mass is 532 g/mol. The van der Waals surface area contributed by atoms with E-state index in [1.165, 1.54) is 0 Å². The summed E-state index contributed by atoms with van der Waals surface area (Å²) in [5.74, 6) is 0.653. The number of carbonyl (C=O) groups excluding carboxylic acids is 2. The Labute approximate surface area is 237 Å². The van der Waals surface area contributed by atoms with E-state index in [9.17, 15) is 9.59 Å². The highest BCUT2D eigenvalue weighted by atomic mass is 16.5. The standard InChI is InChI=1S/C35H36N2O3/c1-27-12-8-9-17-32(27)34(38)37(25-29-18-20-31(21-19-29)40-26-30-15-6-3-7-16-30)33(24-28-13-4-2-5-14-28)35(39)36-22-10-11-23-36/h2-9,12-21,33H,10-11,22-26H2,1H3. The molecule has 0 spiro atoms. The summed E-state index contributed by atoms with van der Waals surface area (Å²) < 4.78 is 5.98. The van der Waals surface area contributed by atoms with Gasteiger partial charge in [-0.15, -0.1) is 0 Å². The molecule has 40 heavy (non-hydrogen) atoms. The van der Waals surface area contributed by atoms with Gasteiger partial charge in [0, 0.05) is 31.6 Å². The molecule has 1 atom stereocenters. The van der Waals surface area contributed by atoms with Crippen LogP contribution in [0.15, 0.2) is 109 Å². The normalized spacial score (nSPS) is 13.6. The predicted molar refractivity (Wildman–Crippen MR) is 158 cm³/mol. The number of aryl methyl sites for hydroxylation is 1. The molecule has 204 valence electrons. The lowest BCUT2D eigenvalue weighted by Gasteiger charge is -2.34. The molecule has 1 aliphatic rings. The van der Waals surface area contributed by atoms with Gasteiger partial charge in [0.1, 0.15) is 18.4 Å². The molecule has 0 aromatic heterocycles. The van der Waals surface area contributed by atoms with Gasteiger partial charge in [-0.25, -0.2) is 0 Å². The molecule has 4 aromatic rings. The van der Waals surface area contributed by atoms with Crippen LogP contribution in [0.4, 0.5) is 0 Å². The van der Waals surface area contributed by atoms with Crippen LogP contribution in [0.25, 0.3) is 0 Å². The first-order valence-electron chi connectivity index (χ1n) is 14.0. The highest BCUT2D eigenvalue weighted by Gasteiger charge is 2.35. The molecule has 0 saturated carbocycles. The van der Waals surface area contributed by atoms with Crippen LogP contribution in [-0.2, 0) is 24.4 Å². The van der Waals surface area contributed by atoms with E-state index >= 15 is 0 Å². The van der Waals surface area contributed by atoms with Crippen LogP contribution < -0.4 is 4.74 Å². The van der Waals surface area contributed by atoms with Crippen LogP contribution in [0.1, 0.15) is 45.5 Å². The summed E-state index contributed by atoms with van der Waals surface area (Å²) in [4.78, 5) is 31.9. The van der Waals surface area contributed by atoms with Crippen molar-refractivity contribution in [3.8, 4) is 5.75 Å². The van der Waals surface area contributed by atoms with E-state index in [-0.39, 0.29) is 11.8 Å². The molecule has 5 heteroatoms. The molecule has 0 radical (unpaired) electrons. The SMILES string of the molecule is Cc1ccccc1C(=O)N(Cc1ccc(OCc2ccccc2)cc1)C(Cc1ccccc1)C(=O)N1CCCC1. The lowest BCUT2D eigenvalue weighted by atomic mass is 10.00. The van der Waals surface area contributed by atoms with E-state index in [1.807, 2.05) is 121 Å². The minimum Gasteiger partial charge on any atom is -0.489 e. The van der Waals surface area contributed by atoms with Gasteiger partial charge in [-0.1, -0.05) is 91.0 Å². The first-order chi connectivity index (χ1) is 19.6. The van der Waals surface area contributed by atoms with Gasteiger partial charge in [0.25, 0.3) is 5.91 Å². The summed E-state index contributed by atoms with van der Waals surface area (Å²) in [6.45, 7) is 4.23. The molecular weight excluding hydrogens is 496 g/mol. The fraction of sp³-hybridized carbons (Fsp3) is 0.257. The highest BCUT2D eigenvalue weighted by molar-refractivity contribution is 5.98. The maximum Gasteiger partial charge on any atom is 0.255 e. The molecule has 4 aromatic carbocycles. The Bertz CT molecular complexity index is 1400. The number of rotatable bonds is 10. The Kier molecular flexibility index (Phi) is 8.92. The van der Waals surface area contributed by atoms with Gasteiger partial charge in [0.2, 0.25) is 5.91 Å². The van der Waals surface area contributed by atoms with Crippen molar-refractivity contribution in [2.45, 2.75) is 45.4 Å². The van der Waals surface area contributed by atoms with Crippen molar-refractivity contribution >= 4 is 11.8 Å². The van der Waals surface area contributed by atoms with Crippen molar-refractivity contribution in [3.05, 3.63) is 137 Å². The first-order valence-corrected chi connectivity index (χ1v) is 14.0. The van der Waals surface area contributed by atoms with Crippen LogP contribution in [0.5, 0.6) is 5.75 Å². The lowest BCUT2D eigenvalue weighted by molar-refractivity contribution is -0.135. The van der Waals surface area contributed by atoms with E-state index in [0.29, 0.717) is 25.1 Å². The van der Waals surface area contributed by atoms with Crippen molar-refractivity contribution in [3.63, 3.8) is 0 Å². The molecule has 0 N–H and O–H groups in total. The first kappa shape index (κ1) is 27.2. The fourth-order valence-corrected chi connectivity index (χ4v) is 5.24. The van der Waals surface area contributed by atoms with Gasteiger partial charge >= 0.3 is 0 Å². The Morgan fingerprint density at radius 3 is 2.00 bits per heavy atom. The third-order valence-corrected chi connectivity index (χ3v) is 7.51. The van der Waals surface area contributed by atoms with E-state index < -0.39 is 6.04 Å². The Morgan fingerprint density at radius 1 is 0.750 bits per heavy atom. The molecule has 1 unspecified atom stereocenters. The van der Waals surface area contributed by atoms with Crippen LogP contribution in [0.3, 0.4) is 0 Å². The van der Waals surface area contributed by atoms with Crippen LogP contribution in [0.2, 0.25) is 0 Å². The third kappa shape index (κ3) is 6.78. The number of carbonyl (C=O) groups is 2. The molecule has 5 rings (SSSR count). The molecule has 1 saturated heterocycles. The lowest BCUT2D eigenvalue weighted by Crippen LogP contribution is -2.51. The number of ether oxygens (including phenoxy) is 1. The van der Waals surface area contributed by atoms with Gasteiger partial charge in [-0.3, -0.25) is 9.59 Å². The number of hydrogen-bond acceptors (Lipinski definition) is 3. The second kappa shape index (κ2) is 13.1. The molecule has 1 fully saturated rings. The third-order valence-electron chi connectivity index (χ3n) is 7.51. The summed E-state index contributed by atoms with van der Waals surface area (Å²) >= 11 is 0. The Morgan fingerprint density at radius 2 is 1.35 bits per heavy atom. The molecule has 1 aliphatic heterocycles. The second-order valence-electron chi connectivity index (χ2n) is 10.4. The van der Waals surface area contributed by atoms with Crippen molar-refractivity contribution in [1.82, 2.24) is 9.80 Å². The summed E-state index contributed by atoms with van der Waals surface area (Å²) in [5.41, 5.74) is 4.60. The maximum atomic E-state index is 14.2. The van der Waals surface area contributed by atoms with Gasteiger partial charge in [-0.2, -0.15) is 0 Å². The summed E-state index contributed by atoms with van der Waals surface area (Å²) in [7, 11) is 0. The highest BCUT2D eigenvalue weighted by Crippen LogP contribution is 2.23. The predicted octanol–water partition coefficient (Wildman–Crippen LogP) is 6.45. The van der Waals surface area contributed by atoms with E-state index in [2.05, 4.69) is 0 Å². The number of likely N-dealkylation sites (tertiary alicyclic amines) is 1. The average Bonchev–Trinajstić information content (AvgIpc) is 3.54. The van der Waals surface area contributed by atoms with Crippen molar-refractivity contribution < 1.29 is 14.3 Å². The Hall–Kier alpha value is -4.38. The number of benzene rings is 4. The van der Waals surface area contributed by atoms with Gasteiger partial charge in [0.05, 0.1) is 0 Å². The average molecular weight is 533 g/mol. The molecule has 0 bridgehead atoms. The van der Waals surface area contributed by atoms with E-state index in [4.69, 9.17) is 4.74 Å². The van der Waals surface area contributed by atoms with Crippen LogP contribution in [0, 0.1) is 6.92 Å². The quantitative estimate of drug-likeness (QED) is 0.236. The van der Waals surface area contributed by atoms with Crippen molar-refractivity contribution in [1.29, 1.82) is 0 Å². The fourth-order valence-electron chi connectivity index (χ4n) is 5.24. The second-order valence-corrected chi connectivity index (χ2v) is 10.4.